The molecule has 0 aromatic rings. The molecular formula is C14H25NO5. The number of carbonyl (C=O) groups is 2. The van der Waals surface area contributed by atoms with Crippen LogP contribution in [0, 0.1) is 0 Å². The van der Waals surface area contributed by atoms with Gasteiger partial charge in [-0.15, -0.1) is 0 Å². The van der Waals surface area contributed by atoms with E-state index in [1.165, 1.54) is 0 Å². The van der Waals surface area contributed by atoms with Gasteiger partial charge in [0.15, 0.2) is 5.78 Å². The Bertz CT molecular complexity index is 372. The lowest BCUT2D eigenvalue weighted by Gasteiger charge is -2.35. The summed E-state index contributed by atoms with van der Waals surface area (Å²) in [4.78, 5) is 25.0. The van der Waals surface area contributed by atoms with Crippen molar-refractivity contribution in [3.8, 4) is 0 Å². The Hall–Kier alpha value is -1.14. The molecule has 1 saturated heterocycles. The Balaban J connectivity index is 2.75. The van der Waals surface area contributed by atoms with Crippen molar-refractivity contribution in [2.45, 2.75) is 64.8 Å². The highest BCUT2D eigenvalue weighted by Gasteiger charge is 2.45. The smallest absolute Gasteiger partial charge is 0.412 e. The first-order valence-electron chi connectivity index (χ1n) is 6.85. The summed E-state index contributed by atoms with van der Waals surface area (Å²) in [6.45, 7) is 8.90. The van der Waals surface area contributed by atoms with E-state index in [9.17, 15) is 9.59 Å². The van der Waals surface area contributed by atoms with E-state index in [0.29, 0.717) is 13.0 Å². The third-order valence-electron chi connectivity index (χ3n) is 3.10. The fourth-order valence-corrected chi connectivity index (χ4v) is 2.18. The largest absolute Gasteiger partial charge is 0.444 e. The number of aliphatic hydroxyl groups excluding tert-OH is 1. The summed E-state index contributed by atoms with van der Waals surface area (Å²) in [5.74, 6) is -0.237. The number of rotatable bonds is 4. The molecule has 0 aliphatic carbocycles. The van der Waals surface area contributed by atoms with Gasteiger partial charge in [-0.25, -0.2) is 4.79 Å². The van der Waals surface area contributed by atoms with E-state index in [1.807, 2.05) is 0 Å². The van der Waals surface area contributed by atoms with Crippen molar-refractivity contribution in [2.75, 3.05) is 13.2 Å². The fourth-order valence-electron chi connectivity index (χ4n) is 2.18. The van der Waals surface area contributed by atoms with Crippen LogP contribution in [0.25, 0.3) is 0 Å². The molecule has 1 fully saturated rings. The van der Waals surface area contributed by atoms with Crippen LogP contribution in [0.5, 0.6) is 0 Å². The molecule has 6 nitrogen and oxygen atoms in total. The van der Waals surface area contributed by atoms with Crippen LogP contribution in [0.1, 0.15) is 47.5 Å². The first-order chi connectivity index (χ1) is 9.07. The van der Waals surface area contributed by atoms with Gasteiger partial charge in [-0.2, -0.15) is 0 Å². The molecule has 116 valence electrons. The Morgan fingerprint density at radius 3 is 2.50 bits per heavy atom. The minimum Gasteiger partial charge on any atom is -0.444 e. The summed E-state index contributed by atoms with van der Waals surface area (Å²) in [6.07, 6.45) is 0.239. The summed E-state index contributed by atoms with van der Waals surface area (Å²) < 4.78 is 11.0. The van der Waals surface area contributed by atoms with Crippen LogP contribution in [-0.2, 0) is 14.3 Å². The zero-order valence-electron chi connectivity index (χ0n) is 12.9. The molecule has 6 heteroatoms. The van der Waals surface area contributed by atoms with Crippen LogP contribution in [-0.4, -0.2) is 52.5 Å². The van der Waals surface area contributed by atoms with Crippen molar-refractivity contribution in [1.29, 1.82) is 0 Å². The van der Waals surface area contributed by atoms with E-state index in [2.05, 4.69) is 0 Å². The molecule has 0 aromatic carbocycles. The van der Waals surface area contributed by atoms with Crippen LogP contribution in [0.2, 0.25) is 0 Å². The maximum atomic E-state index is 12.3. The van der Waals surface area contributed by atoms with Gasteiger partial charge in [0.2, 0.25) is 0 Å². The number of carbonyl (C=O) groups excluding carboxylic acids is 2. The van der Waals surface area contributed by atoms with Gasteiger partial charge in [0, 0.05) is 6.42 Å². The van der Waals surface area contributed by atoms with Crippen LogP contribution < -0.4 is 0 Å². The first-order valence-corrected chi connectivity index (χ1v) is 6.85. The van der Waals surface area contributed by atoms with E-state index in [0.717, 1.165) is 0 Å². The van der Waals surface area contributed by atoms with E-state index < -0.39 is 24.0 Å². The Labute approximate surface area is 120 Å². The van der Waals surface area contributed by atoms with Gasteiger partial charge in [0.1, 0.15) is 17.9 Å². The molecule has 1 amide bonds. The van der Waals surface area contributed by atoms with Crippen LogP contribution in [0.15, 0.2) is 0 Å². The predicted molar refractivity (Wildman–Crippen MR) is 73.2 cm³/mol. The molecule has 0 radical (unpaired) electrons. The lowest BCUT2D eigenvalue weighted by molar-refractivity contribution is -0.122. The van der Waals surface area contributed by atoms with Crippen molar-refractivity contribution in [1.82, 2.24) is 4.90 Å². The maximum absolute atomic E-state index is 12.3. The van der Waals surface area contributed by atoms with Crippen molar-refractivity contribution in [2.24, 2.45) is 0 Å². The maximum Gasteiger partial charge on any atom is 0.412 e. The molecule has 1 aliphatic rings. The van der Waals surface area contributed by atoms with E-state index >= 15 is 0 Å². The highest BCUT2D eigenvalue weighted by Crippen LogP contribution is 2.31. The van der Waals surface area contributed by atoms with Gasteiger partial charge < -0.3 is 14.6 Å². The summed E-state index contributed by atoms with van der Waals surface area (Å²) in [7, 11) is 0. The second kappa shape index (κ2) is 6.10. The number of hydrogen-bond donors (Lipinski definition) is 1. The quantitative estimate of drug-likeness (QED) is 0.851. The van der Waals surface area contributed by atoms with Gasteiger partial charge in [-0.05, 0) is 41.0 Å². The fraction of sp³-hybridized carbons (Fsp3) is 0.857. The molecule has 0 unspecified atom stereocenters. The lowest BCUT2D eigenvalue weighted by atomic mass is 10.1. The molecule has 1 aliphatic heterocycles. The number of aliphatic hydroxyl groups is 1. The zero-order chi connectivity index (χ0) is 15.6. The molecule has 1 atom stereocenters. The van der Waals surface area contributed by atoms with Crippen molar-refractivity contribution < 1.29 is 24.2 Å². The summed E-state index contributed by atoms with van der Waals surface area (Å²) in [6, 6.07) is -0.213. The van der Waals surface area contributed by atoms with Crippen molar-refractivity contribution >= 4 is 11.9 Å². The molecule has 1 heterocycles. The number of ether oxygens (including phenoxy) is 2. The third-order valence-corrected chi connectivity index (χ3v) is 3.10. The van der Waals surface area contributed by atoms with Gasteiger partial charge in [-0.3, -0.25) is 9.69 Å². The molecule has 0 bridgehead atoms. The standard InChI is InChI=1S/C14H25NO5/c1-13(2,3)20-12(18)15-10(6-7-11(17)8-16)9-19-14(15,4)5/h10,16H,6-9H2,1-5H3/t10-/m1/s1. The monoisotopic (exact) mass is 287 g/mol. The van der Waals surface area contributed by atoms with E-state index in [1.54, 1.807) is 39.5 Å². The van der Waals surface area contributed by atoms with Crippen LogP contribution >= 0.6 is 0 Å². The van der Waals surface area contributed by atoms with Crippen molar-refractivity contribution in [3.63, 3.8) is 0 Å². The zero-order valence-corrected chi connectivity index (χ0v) is 12.9. The highest BCUT2D eigenvalue weighted by molar-refractivity contribution is 5.79. The van der Waals surface area contributed by atoms with Crippen molar-refractivity contribution in [3.05, 3.63) is 0 Å². The van der Waals surface area contributed by atoms with Crippen LogP contribution in [0.3, 0.4) is 0 Å². The van der Waals surface area contributed by atoms with Crippen LogP contribution in [0.4, 0.5) is 4.79 Å². The first kappa shape index (κ1) is 16.9. The van der Waals surface area contributed by atoms with E-state index in [-0.39, 0.29) is 18.2 Å². The molecule has 0 aromatic heterocycles. The normalized spacial score (nSPS) is 21.9. The van der Waals surface area contributed by atoms with Gasteiger partial charge in [0.05, 0.1) is 12.6 Å². The SMILES string of the molecule is CC(C)(C)OC(=O)N1[C@H](CCC(=O)CO)COC1(C)C. The summed E-state index contributed by atoms with van der Waals surface area (Å²) >= 11 is 0. The second-order valence-corrected chi connectivity index (χ2v) is 6.50. The Kier molecular flexibility index (Phi) is 5.15. The number of hydrogen-bond acceptors (Lipinski definition) is 5. The molecular weight excluding hydrogens is 262 g/mol. The number of ketones is 1. The van der Waals surface area contributed by atoms with Gasteiger partial charge >= 0.3 is 6.09 Å². The predicted octanol–water partition coefficient (Wildman–Crippen LogP) is 1.70. The number of nitrogens with zero attached hydrogens (tertiary/aromatic N) is 1. The lowest BCUT2D eigenvalue weighted by Crippen LogP contribution is -2.49. The molecule has 0 saturated carbocycles. The molecule has 1 rings (SSSR count). The van der Waals surface area contributed by atoms with Gasteiger partial charge in [-0.1, -0.05) is 0 Å². The highest BCUT2D eigenvalue weighted by atomic mass is 16.6. The van der Waals surface area contributed by atoms with E-state index in [4.69, 9.17) is 14.6 Å². The number of Topliss-reactive ketones (excluding diaryl/α,β-unsaturated/α-hetero) is 1. The second-order valence-electron chi connectivity index (χ2n) is 6.50. The van der Waals surface area contributed by atoms with Gasteiger partial charge in [0.25, 0.3) is 0 Å². The summed E-state index contributed by atoms with van der Waals surface area (Å²) in [5, 5.41) is 8.75. The third kappa shape index (κ3) is 4.45. The Morgan fingerprint density at radius 2 is 2.00 bits per heavy atom. The minimum absolute atomic E-state index is 0.213. The topological polar surface area (TPSA) is 76.1 Å². The molecule has 1 N–H and O–H groups in total. The molecule has 0 spiro atoms. The summed E-state index contributed by atoms with van der Waals surface area (Å²) in [5.41, 5.74) is -1.34. The minimum atomic E-state index is -0.755. The average Bonchev–Trinajstić information content (AvgIpc) is 2.59. The molecule has 20 heavy (non-hydrogen) atoms. The Morgan fingerprint density at radius 1 is 1.40 bits per heavy atom. The average molecular weight is 287 g/mol. The number of amides is 1.